The van der Waals surface area contributed by atoms with Gasteiger partial charge in [-0.1, -0.05) is 54.6 Å². The molecular weight excluding hydrogens is 424 g/mol. The van der Waals surface area contributed by atoms with Crippen molar-refractivity contribution in [2.75, 3.05) is 6.54 Å². The molecule has 0 fully saturated rings. The van der Waals surface area contributed by atoms with Crippen LogP contribution < -0.4 is 5.32 Å². The maximum absolute atomic E-state index is 13.1. The smallest absolute Gasteiger partial charge is 0.237 e. The number of carbonyl (C=O) groups excluding carboxylic acids is 1. The molecule has 2 aromatic carbocycles. The van der Waals surface area contributed by atoms with Crippen LogP contribution in [0.15, 0.2) is 82.8 Å². The molecule has 1 N–H and O–H groups in total. The lowest BCUT2D eigenvalue weighted by molar-refractivity contribution is -0.122. The van der Waals surface area contributed by atoms with Gasteiger partial charge >= 0.3 is 0 Å². The molecule has 0 aliphatic heterocycles. The van der Waals surface area contributed by atoms with Gasteiger partial charge in [-0.05, 0) is 54.2 Å². The SMILES string of the molecule is O=C(CN(Cc1ccco1)S(=O)(=O)/C=C/c1ccccc1)NC1CCCc2ccccc21. The molecule has 4 rings (SSSR count). The summed E-state index contributed by atoms with van der Waals surface area (Å²) in [5.74, 6) is 0.132. The summed E-state index contributed by atoms with van der Waals surface area (Å²) in [6.07, 6.45) is 5.82. The van der Waals surface area contributed by atoms with E-state index in [1.54, 1.807) is 12.1 Å². The van der Waals surface area contributed by atoms with Gasteiger partial charge in [0.2, 0.25) is 15.9 Å². The minimum absolute atomic E-state index is 0.0247. The molecule has 0 spiro atoms. The summed E-state index contributed by atoms with van der Waals surface area (Å²) in [6, 6.07) is 20.5. The van der Waals surface area contributed by atoms with Crippen LogP contribution >= 0.6 is 0 Å². The first-order valence-corrected chi connectivity index (χ1v) is 12.1. The number of amides is 1. The Bertz CT molecular complexity index is 1170. The third-order valence-electron chi connectivity index (χ3n) is 5.53. The zero-order valence-corrected chi connectivity index (χ0v) is 18.5. The average molecular weight is 451 g/mol. The summed E-state index contributed by atoms with van der Waals surface area (Å²) in [5.41, 5.74) is 3.10. The Morgan fingerprint density at radius 1 is 1.06 bits per heavy atom. The van der Waals surface area contributed by atoms with E-state index >= 15 is 0 Å². The van der Waals surface area contributed by atoms with Crippen molar-refractivity contribution in [1.82, 2.24) is 9.62 Å². The van der Waals surface area contributed by atoms with Crippen LogP contribution in [-0.4, -0.2) is 25.2 Å². The number of benzene rings is 2. The van der Waals surface area contributed by atoms with Crippen molar-refractivity contribution in [3.63, 3.8) is 0 Å². The van der Waals surface area contributed by atoms with Crippen molar-refractivity contribution in [2.24, 2.45) is 0 Å². The number of fused-ring (bicyclic) bond motifs is 1. The zero-order chi connectivity index (χ0) is 22.4. The summed E-state index contributed by atoms with van der Waals surface area (Å²) >= 11 is 0. The number of nitrogens with one attached hydrogen (secondary N) is 1. The lowest BCUT2D eigenvalue weighted by Gasteiger charge is -2.27. The number of hydrogen-bond donors (Lipinski definition) is 1. The highest BCUT2D eigenvalue weighted by Gasteiger charge is 2.26. The van der Waals surface area contributed by atoms with Crippen LogP contribution in [0, 0.1) is 0 Å². The number of furan rings is 1. The fourth-order valence-electron chi connectivity index (χ4n) is 3.93. The maximum atomic E-state index is 13.1. The lowest BCUT2D eigenvalue weighted by Crippen LogP contribution is -2.41. The van der Waals surface area contributed by atoms with Crippen molar-refractivity contribution in [3.05, 3.63) is 101 Å². The Morgan fingerprint density at radius 2 is 1.84 bits per heavy atom. The molecule has 0 radical (unpaired) electrons. The number of sulfonamides is 1. The van der Waals surface area contributed by atoms with E-state index in [-0.39, 0.29) is 25.0 Å². The van der Waals surface area contributed by atoms with Crippen LogP contribution in [0.5, 0.6) is 0 Å². The zero-order valence-electron chi connectivity index (χ0n) is 17.7. The molecule has 0 saturated carbocycles. The highest BCUT2D eigenvalue weighted by atomic mass is 32.2. The molecule has 166 valence electrons. The van der Waals surface area contributed by atoms with Crippen LogP contribution in [0.2, 0.25) is 0 Å². The molecule has 1 aliphatic carbocycles. The van der Waals surface area contributed by atoms with Gasteiger partial charge in [-0.3, -0.25) is 4.79 Å². The Balaban J connectivity index is 1.50. The van der Waals surface area contributed by atoms with Crippen molar-refractivity contribution in [3.8, 4) is 0 Å². The van der Waals surface area contributed by atoms with Crippen LogP contribution in [0.3, 0.4) is 0 Å². The monoisotopic (exact) mass is 450 g/mol. The summed E-state index contributed by atoms with van der Waals surface area (Å²) in [7, 11) is -3.86. The summed E-state index contributed by atoms with van der Waals surface area (Å²) in [6.45, 7) is -0.316. The van der Waals surface area contributed by atoms with E-state index in [9.17, 15) is 13.2 Å². The minimum atomic E-state index is -3.86. The van der Waals surface area contributed by atoms with E-state index < -0.39 is 10.0 Å². The third kappa shape index (κ3) is 5.55. The Morgan fingerprint density at radius 3 is 2.62 bits per heavy atom. The van der Waals surface area contributed by atoms with E-state index in [0.717, 1.165) is 40.1 Å². The van der Waals surface area contributed by atoms with Crippen molar-refractivity contribution >= 4 is 22.0 Å². The second-order valence-electron chi connectivity index (χ2n) is 7.82. The van der Waals surface area contributed by atoms with Gasteiger partial charge in [-0.2, -0.15) is 4.31 Å². The predicted octanol–water partition coefficient (Wildman–Crippen LogP) is 4.28. The molecule has 1 aliphatic rings. The van der Waals surface area contributed by atoms with Crippen molar-refractivity contribution < 1.29 is 17.6 Å². The number of hydrogen-bond acceptors (Lipinski definition) is 4. The van der Waals surface area contributed by atoms with Gasteiger partial charge in [0.15, 0.2) is 0 Å². The topological polar surface area (TPSA) is 79.6 Å². The quantitative estimate of drug-likeness (QED) is 0.556. The minimum Gasteiger partial charge on any atom is -0.468 e. The van der Waals surface area contributed by atoms with Gasteiger partial charge < -0.3 is 9.73 Å². The van der Waals surface area contributed by atoms with Crippen LogP contribution in [0.4, 0.5) is 0 Å². The molecule has 3 aromatic rings. The van der Waals surface area contributed by atoms with Crippen molar-refractivity contribution in [2.45, 2.75) is 31.8 Å². The summed E-state index contributed by atoms with van der Waals surface area (Å²) < 4.78 is 32.6. The number of nitrogens with zero attached hydrogens (tertiary/aromatic N) is 1. The second kappa shape index (κ2) is 9.97. The van der Waals surface area contributed by atoms with Crippen LogP contribution in [-0.2, 0) is 27.8 Å². The standard InChI is InChI=1S/C25H26N2O4S/c28-25(26-24-14-6-11-21-10-4-5-13-23(21)24)19-27(18-22-12-7-16-31-22)32(29,30)17-15-20-8-2-1-3-9-20/h1-5,7-10,12-13,15-17,24H,6,11,14,18-19H2,(H,26,28)/b17-15+. The van der Waals surface area contributed by atoms with Gasteiger partial charge in [0, 0.05) is 5.41 Å². The van der Waals surface area contributed by atoms with Crippen molar-refractivity contribution in [1.29, 1.82) is 0 Å². The normalized spacial score (nSPS) is 16.2. The van der Waals surface area contributed by atoms with Gasteiger partial charge in [0.1, 0.15) is 5.76 Å². The fourth-order valence-corrected chi connectivity index (χ4v) is 5.04. The molecule has 1 atom stereocenters. The van der Waals surface area contributed by atoms with Crippen LogP contribution in [0.1, 0.15) is 41.3 Å². The number of carbonyl (C=O) groups is 1. The Hall–Kier alpha value is -3.16. The maximum Gasteiger partial charge on any atom is 0.237 e. The predicted molar refractivity (Wildman–Crippen MR) is 124 cm³/mol. The Kier molecular flexibility index (Phi) is 6.87. The molecule has 1 amide bonds. The molecule has 0 saturated heterocycles. The van der Waals surface area contributed by atoms with Gasteiger partial charge in [0.05, 0.1) is 25.4 Å². The Labute approximate surface area is 188 Å². The largest absolute Gasteiger partial charge is 0.468 e. The molecule has 1 heterocycles. The van der Waals surface area contributed by atoms with E-state index in [0.29, 0.717) is 5.76 Å². The molecule has 1 unspecified atom stereocenters. The van der Waals surface area contributed by atoms with Gasteiger partial charge in [0.25, 0.3) is 0 Å². The van der Waals surface area contributed by atoms with Gasteiger partial charge in [-0.25, -0.2) is 8.42 Å². The van der Waals surface area contributed by atoms with Crippen LogP contribution in [0.25, 0.3) is 6.08 Å². The molecule has 0 bridgehead atoms. The fraction of sp³-hybridized carbons (Fsp3) is 0.240. The van der Waals surface area contributed by atoms with E-state index in [1.165, 1.54) is 17.9 Å². The third-order valence-corrected chi connectivity index (χ3v) is 6.99. The van der Waals surface area contributed by atoms with E-state index in [2.05, 4.69) is 11.4 Å². The first-order chi connectivity index (χ1) is 15.5. The molecule has 1 aromatic heterocycles. The second-order valence-corrected chi connectivity index (χ2v) is 9.64. The molecule has 32 heavy (non-hydrogen) atoms. The summed E-state index contributed by atoms with van der Waals surface area (Å²) in [5, 5.41) is 4.16. The highest BCUT2D eigenvalue weighted by molar-refractivity contribution is 7.92. The number of aryl methyl sites for hydroxylation is 1. The molecule has 6 nitrogen and oxygen atoms in total. The average Bonchev–Trinajstić information content (AvgIpc) is 3.32. The summed E-state index contributed by atoms with van der Waals surface area (Å²) in [4.78, 5) is 12.9. The number of rotatable bonds is 8. The first kappa shape index (κ1) is 22.0. The van der Waals surface area contributed by atoms with E-state index in [4.69, 9.17) is 4.42 Å². The highest BCUT2D eigenvalue weighted by Crippen LogP contribution is 2.29. The molecule has 7 heteroatoms. The first-order valence-electron chi connectivity index (χ1n) is 10.6. The molecular formula is C25H26N2O4S. The lowest BCUT2D eigenvalue weighted by atomic mass is 9.88. The van der Waals surface area contributed by atoms with Gasteiger partial charge in [-0.15, -0.1) is 0 Å². The van der Waals surface area contributed by atoms with E-state index in [1.807, 2.05) is 48.5 Å².